The summed E-state index contributed by atoms with van der Waals surface area (Å²) in [6.45, 7) is 4.84. The third kappa shape index (κ3) is 2.51. The van der Waals surface area contributed by atoms with Gasteiger partial charge < -0.3 is 4.57 Å². The summed E-state index contributed by atoms with van der Waals surface area (Å²) in [6.07, 6.45) is 1.89. The molecule has 1 aromatic carbocycles. The van der Waals surface area contributed by atoms with Crippen LogP contribution in [0.2, 0.25) is 5.02 Å². The fraction of sp³-hybridized carbons (Fsp3) is 0.188. The van der Waals surface area contributed by atoms with Gasteiger partial charge in [-0.25, -0.2) is 4.98 Å². The summed E-state index contributed by atoms with van der Waals surface area (Å²) in [4.78, 5) is 5.57. The van der Waals surface area contributed by atoms with Crippen LogP contribution >= 0.6 is 22.9 Å². The molecule has 0 saturated heterocycles. The number of thiophene rings is 1. The van der Waals surface area contributed by atoms with Crippen molar-refractivity contribution in [2.45, 2.75) is 20.4 Å². The Morgan fingerprint density at radius 1 is 1.25 bits per heavy atom. The van der Waals surface area contributed by atoms with Gasteiger partial charge >= 0.3 is 0 Å². The molecule has 0 aliphatic rings. The molecule has 0 saturated carbocycles. The molecule has 0 N–H and O–H groups in total. The highest BCUT2D eigenvalue weighted by Gasteiger charge is 2.08. The molecular weight excluding hydrogens is 288 g/mol. The van der Waals surface area contributed by atoms with Crippen molar-refractivity contribution < 1.29 is 0 Å². The van der Waals surface area contributed by atoms with Crippen LogP contribution in [0.1, 0.15) is 17.1 Å². The molecule has 3 aromatic rings. The number of aromatic nitrogens is 2. The van der Waals surface area contributed by atoms with Gasteiger partial charge in [0.2, 0.25) is 0 Å². The van der Waals surface area contributed by atoms with Crippen molar-refractivity contribution in [2.24, 2.45) is 0 Å². The number of imidazole rings is 1. The molecule has 0 fully saturated rings. The average Bonchev–Trinajstić information content (AvgIpc) is 3.06. The Morgan fingerprint density at radius 3 is 2.70 bits per heavy atom. The Balaban J connectivity index is 1.92. The number of benzene rings is 1. The second-order valence-corrected chi connectivity index (χ2v) is 6.17. The summed E-state index contributed by atoms with van der Waals surface area (Å²) in [6, 6.07) is 10.5. The standard InChI is InChI=1S/C16H15ClN2S/c1-11-9-18-12(2)19(11)10-14-6-5-13(8-15(14)17)16-4-3-7-20-16/h3-9H,10H2,1-2H3. The molecule has 4 heteroatoms. The van der Waals surface area contributed by atoms with Gasteiger partial charge in [-0.15, -0.1) is 11.3 Å². The van der Waals surface area contributed by atoms with Gasteiger partial charge in [0.1, 0.15) is 5.82 Å². The van der Waals surface area contributed by atoms with E-state index in [2.05, 4.69) is 46.1 Å². The predicted molar refractivity (Wildman–Crippen MR) is 85.6 cm³/mol. The van der Waals surface area contributed by atoms with Crippen LogP contribution in [0.5, 0.6) is 0 Å². The van der Waals surface area contributed by atoms with Crippen LogP contribution in [0.3, 0.4) is 0 Å². The lowest BCUT2D eigenvalue weighted by Gasteiger charge is -2.10. The molecule has 3 rings (SSSR count). The Labute approximate surface area is 127 Å². The fourth-order valence-corrected chi connectivity index (χ4v) is 3.23. The number of hydrogen-bond donors (Lipinski definition) is 0. The van der Waals surface area contributed by atoms with Gasteiger partial charge in [0.25, 0.3) is 0 Å². The quantitative estimate of drug-likeness (QED) is 0.671. The SMILES string of the molecule is Cc1cnc(C)n1Cc1ccc(-c2cccs2)cc1Cl. The molecule has 0 atom stereocenters. The van der Waals surface area contributed by atoms with Crippen molar-refractivity contribution in [1.82, 2.24) is 9.55 Å². The van der Waals surface area contributed by atoms with E-state index >= 15 is 0 Å². The van der Waals surface area contributed by atoms with E-state index in [4.69, 9.17) is 11.6 Å². The van der Waals surface area contributed by atoms with Crippen molar-refractivity contribution in [3.8, 4) is 10.4 Å². The second kappa shape index (κ2) is 5.43. The van der Waals surface area contributed by atoms with Gasteiger partial charge in [-0.05, 0) is 42.5 Å². The maximum Gasteiger partial charge on any atom is 0.106 e. The zero-order valence-electron chi connectivity index (χ0n) is 11.4. The second-order valence-electron chi connectivity index (χ2n) is 4.82. The maximum absolute atomic E-state index is 6.44. The van der Waals surface area contributed by atoms with Crippen molar-refractivity contribution in [3.05, 3.63) is 64.0 Å². The fourth-order valence-electron chi connectivity index (χ4n) is 2.26. The van der Waals surface area contributed by atoms with E-state index in [0.29, 0.717) is 0 Å². The van der Waals surface area contributed by atoms with Crippen LogP contribution in [-0.4, -0.2) is 9.55 Å². The lowest BCUT2D eigenvalue weighted by molar-refractivity contribution is 0.738. The summed E-state index contributed by atoms with van der Waals surface area (Å²) in [5, 5.41) is 2.89. The first-order valence-corrected chi connectivity index (χ1v) is 7.72. The minimum Gasteiger partial charge on any atom is -0.328 e. The molecule has 2 heterocycles. The largest absolute Gasteiger partial charge is 0.328 e. The molecule has 20 heavy (non-hydrogen) atoms. The Bertz CT molecular complexity index is 710. The van der Waals surface area contributed by atoms with Gasteiger partial charge in [-0.1, -0.05) is 29.8 Å². The van der Waals surface area contributed by atoms with Gasteiger partial charge in [0.15, 0.2) is 0 Å². The van der Waals surface area contributed by atoms with Crippen LogP contribution in [0.4, 0.5) is 0 Å². The minimum absolute atomic E-state index is 0.765. The van der Waals surface area contributed by atoms with E-state index in [0.717, 1.165) is 28.6 Å². The Morgan fingerprint density at radius 2 is 2.10 bits per heavy atom. The molecule has 2 nitrogen and oxygen atoms in total. The lowest BCUT2D eigenvalue weighted by atomic mass is 10.1. The van der Waals surface area contributed by atoms with E-state index in [1.807, 2.05) is 19.2 Å². The molecule has 0 radical (unpaired) electrons. The lowest BCUT2D eigenvalue weighted by Crippen LogP contribution is -2.04. The Hall–Kier alpha value is -1.58. The third-order valence-electron chi connectivity index (χ3n) is 3.44. The average molecular weight is 303 g/mol. The number of nitrogens with zero attached hydrogens (tertiary/aromatic N) is 2. The first-order chi connectivity index (χ1) is 9.65. The monoisotopic (exact) mass is 302 g/mol. The van der Waals surface area contributed by atoms with Crippen molar-refractivity contribution >= 4 is 22.9 Å². The smallest absolute Gasteiger partial charge is 0.106 e. The van der Waals surface area contributed by atoms with E-state index < -0.39 is 0 Å². The highest BCUT2D eigenvalue weighted by Crippen LogP contribution is 2.29. The van der Waals surface area contributed by atoms with E-state index in [1.165, 1.54) is 10.4 Å². The van der Waals surface area contributed by atoms with Gasteiger partial charge in [-0.2, -0.15) is 0 Å². The molecule has 0 spiro atoms. The predicted octanol–water partition coefficient (Wildman–Crippen LogP) is 4.93. The molecule has 0 unspecified atom stereocenters. The number of rotatable bonds is 3. The van der Waals surface area contributed by atoms with E-state index in [9.17, 15) is 0 Å². The molecule has 0 bridgehead atoms. The van der Waals surface area contributed by atoms with Crippen molar-refractivity contribution in [2.75, 3.05) is 0 Å². The molecule has 2 aromatic heterocycles. The van der Waals surface area contributed by atoms with Crippen LogP contribution in [0.25, 0.3) is 10.4 Å². The van der Waals surface area contributed by atoms with Gasteiger partial charge in [0.05, 0.1) is 6.54 Å². The zero-order valence-corrected chi connectivity index (χ0v) is 13.0. The normalized spacial score (nSPS) is 10.9. The summed E-state index contributed by atoms with van der Waals surface area (Å²) in [5.74, 6) is 1.01. The topological polar surface area (TPSA) is 17.8 Å². The minimum atomic E-state index is 0.765. The van der Waals surface area contributed by atoms with Gasteiger partial charge in [-0.3, -0.25) is 0 Å². The zero-order chi connectivity index (χ0) is 14.1. The van der Waals surface area contributed by atoms with Gasteiger partial charge in [0, 0.05) is 21.8 Å². The molecule has 0 aliphatic heterocycles. The number of halogens is 1. The highest BCUT2D eigenvalue weighted by molar-refractivity contribution is 7.13. The first kappa shape index (κ1) is 13.4. The number of aryl methyl sites for hydroxylation is 2. The van der Waals surface area contributed by atoms with Crippen molar-refractivity contribution in [3.63, 3.8) is 0 Å². The van der Waals surface area contributed by atoms with Crippen molar-refractivity contribution in [1.29, 1.82) is 0 Å². The summed E-state index contributed by atoms with van der Waals surface area (Å²) >= 11 is 8.17. The summed E-state index contributed by atoms with van der Waals surface area (Å²) in [5.41, 5.74) is 3.45. The van der Waals surface area contributed by atoms with Crippen LogP contribution < -0.4 is 0 Å². The van der Waals surface area contributed by atoms with Crippen LogP contribution in [0.15, 0.2) is 41.9 Å². The van der Waals surface area contributed by atoms with Crippen LogP contribution in [0, 0.1) is 13.8 Å². The molecule has 0 aliphatic carbocycles. The molecule has 102 valence electrons. The third-order valence-corrected chi connectivity index (χ3v) is 4.71. The Kier molecular flexibility index (Phi) is 3.64. The number of hydrogen-bond acceptors (Lipinski definition) is 2. The summed E-state index contributed by atoms with van der Waals surface area (Å²) in [7, 11) is 0. The van der Waals surface area contributed by atoms with Crippen LogP contribution in [-0.2, 0) is 6.54 Å². The summed E-state index contributed by atoms with van der Waals surface area (Å²) < 4.78 is 2.17. The van der Waals surface area contributed by atoms with E-state index in [-0.39, 0.29) is 0 Å². The highest BCUT2D eigenvalue weighted by atomic mass is 35.5. The first-order valence-electron chi connectivity index (χ1n) is 6.46. The molecule has 0 amide bonds. The maximum atomic E-state index is 6.44. The molecular formula is C16H15ClN2S. The van der Waals surface area contributed by atoms with E-state index in [1.54, 1.807) is 11.3 Å².